The summed E-state index contributed by atoms with van der Waals surface area (Å²) >= 11 is 6.43. The van der Waals surface area contributed by atoms with Gasteiger partial charge in [0.05, 0.1) is 23.8 Å². The van der Waals surface area contributed by atoms with Gasteiger partial charge in [-0.2, -0.15) is 0 Å². The number of nitrogens with one attached hydrogen (secondary N) is 1. The van der Waals surface area contributed by atoms with Crippen molar-refractivity contribution in [2.45, 2.75) is 25.4 Å². The van der Waals surface area contributed by atoms with Crippen LogP contribution in [0.15, 0.2) is 58.1 Å². The Balaban J connectivity index is 1.66. The van der Waals surface area contributed by atoms with Crippen molar-refractivity contribution in [3.8, 4) is 0 Å². The minimum Gasteiger partial charge on any atom is -0.465 e. The highest BCUT2D eigenvalue weighted by Crippen LogP contribution is 2.34. The highest BCUT2D eigenvalue weighted by Gasteiger charge is 2.38. The van der Waals surface area contributed by atoms with Gasteiger partial charge in [0.1, 0.15) is 16.1 Å². The number of carbonyl (C=O) groups is 2. The minimum atomic E-state index is -0.792. The van der Waals surface area contributed by atoms with Gasteiger partial charge in [-0.25, -0.2) is 0 Å². The first kappa shape index (κ1) is 20.3. The van der Waals surface area contributed by atoms with Gasteiger partial charge in [0.15, 0.2) is 0 Å². The second kappa shape index (κ2) is 9.18. The molecule has 0 spiro atoms. The molecule has 3 rings (SSSR count). The number of thioether (sulfide) groups is 1. The summed E-state index contributed by atoms with van der Waals surface area (Å²) < 4.78 is 5.55. The predicted octanol–water partition coefficient (Wildman–Crippen LogP) is 2.59. The quantitative estimate of drug-likeness (QED) is 0.533. The molecule has 2 atom stereocenters. The molecule has 2 aromatic rings. The smallest absolute Gasteiger partial charge is 0.267 e. The molecule has 1 saturated heterocycles. The number of amides is 2. The zero-order valence-electron chi connectivity index (χ0n) is 15.2. The summed E-state index contributed by atoms with van der Waals surface area (Å²) in [6.07, 6.45) is 3.62. The fourth-order valence-corrected chi connectivity index (χ4v) is 4.21. The van der Waals surface area contributed by atoms with Crippen molar-refractivity contribution in [3.63, 3.8) is 0 Å². The summed E-state index contributed by atoms with van der Waals surface area (Å²) in [4.78, 5) is 27.1. The molecule has 2 amide bonds. The Bertz CT molecular complexity index is 881. The lowest BCUT2D eigenvalue weighted by molar-refractivity contribution is -0.132. The van der Waals surface area contributed by atoms with Crippen LogP contribution in [0.1, 0.15) is 18.2 Å². The van der Waals surface area contributed by atoms with E-state index in [0.717, 1.165) is 17.3 Å². The van der Waals surface area contributed by atoms with Crippen LogP contribution in [-0.4, -0.2) is 44.8 Å². The maximum atomic E-state index is 12.7. The Morgan fingerprint density at radius 1 is 1.32 bits per heavy atom. The van der Waals surface area contributed by atoms with Gasteiger partial charge < -0.3 is 14.8 Å². The van der Waals surface area contributed by atoms with Crippen molar-refractivity contribution >= 4 is 46.2 Å². The van der Waals surface area contributed by atoms with E-state index in [4.69, 9.17) is 16.6 Å². The lowest BCUT2D eigenvalue weighted by Gasteiger charge is -2.25. The average molecular weight is 417 g/mol. The normalized spacial score (nSPS) is 17.8. The van der Waals surface area contributed by atoms with Crippen molar-refractivity contribution in [1.82, 2.24) is 10.2 Å². The van der Waals surface area contributed by atoms with Gasteiger partial charge >= 0.3 is 0 Å². The number of benzene rings is 1. The van der Waals surface area contributed by atoms with E-state index in [1.165, 1.54) is 11.2 Å². The maximum absolute atomic E-state index is 12.7. The average Bonchev–Trinajstić information content (AvgIpc) is 3.29. The van der Waals surface area contributed by atoms with E-state index in [2.05, 4.69) is 5.32 Å². The molecule has 0 radical (unpaired) electrons. The fraction of sp³-hybridized carbons (Fsp3) is 0.250. The van der Waals surface area contributed by atoms with Crippen molar-refractivity contribution in [2.24, 2.45) is 0 Å². The van der Waals surface area contributed by atoms with Crippen LogP contribution in [0.3, 0.4) is 0 Å². The number of nitrogens with zero attached hydrogens (tertiary/aromatic N) is 1. The molecule has 0 aliphatic carbocycles. The Hall–Kier alpha value is -2.42. The lowest BCUT2D eigenvalue weighted by Crippen LogP contribution is -2.51. The van der Waals surface area contributed by atoms with Crippen LogP contribution in [0.2, 0.25) is 0 Å². The molecule has 1 aliphatic heterocycles. The zero-order valence-corrected chi connectivity index (χ0v) is 16.8. The SMILES string of the molecule is CC(C(=O)NC(CO)Cc1ccccc1)N1C(=O)C(=Cc2ccco2)SC1=S. The molecular weight excluding hydrogens is 396 g/mol. The van der Waals surface area contributed by atoms with E-state index < -0.39 is 12.1 Å². The fourth-order valence-electron chi connectivity index (χ4n) is 2.82. The highest BCUT2D eigenvalue weighted by molar-refractivity contribution is 8.26. The maximum Gasteiger partial charge on any atom is 0.267 e. The van der Waals surface area contributed by atoms with E-state index in [9.17, 15) is 14.7 Å². The number of hydrogen-bond donors (Lipinski definition) is 2. The minimum absolute atomic E-state index is 0.204. The van der Waals surface area contributed by atoms with Gasteiger partial charge in [-0.15, -0.1) is 0 Å². The Labute approximate surface area is 172 Å². The van der Waals surface area contributed by atoms with Gasteiger partial charge in [-0.1, -0.05) is 54.3 Å². The van der Waals surface area contributed by atoms with Crippen molar-refractivity contribution in [2.75, 3.05) is 6.61 Å². The summed E-state index contributed by atoms with van der Waals surface area (Å²) in [6.45, 7) is 1.41. The molecule has 2 heterocycles. The molecule has 8 heteroatoms. The molecule has 0 bridgehead atoms. The standard InChI is InChI=1S/C20H20N2O4S2/c1-13(18(24)21-15(12-23)10-14-6-3-2-4-7-14)22-19(25)17(28-20(22)27)11-16-8-5-9-26-16/h2-9,11,13,15,23H,10,12H2,1H3,(H,21,24). The summed E-state index contributed by atoms with van der Waals surface area (Å²) in [5.74, 6) is -0.163. The molecule has 1 aliphatic rings. The third-order valence-corrected chi connectivity index (χ3v) is 5.63. The monoisotopic (exact) mass is 416 g/mol. The number of rotatable bonds is 7. The first-order valence-corrected chi connectivity index (χ1v) is 9.97. The number of aliphatic hydroxyl groups is 1. The first-order valence-electron chi connectivity index (χ1n) is 8.75. The summed E-state index contributed by atoms with van der Waals surface area (Å²) in [7, 11) is 0. The van der Waals surface area contributed by atoms with E-state index in [-0.39, 0.29) is 18.4 Å². The van der Waals surface area contributed by atoms with Crippen LogP contribution in [0.25, 0.3) is 6.08 Å². The number of aliphatic hydroxyl groups excluding tert-OH is 1. The Kier molecular flexibility index (Phi) is 6.66. The summed E-state index contributed by atoms with van der Waals surface area (Å²) in [5, 5.41) is 12.4. The van der Waals surface area contributed by atoms with Crippen LogP contribution >= 0.6 is 24.0 Å². The van der Waals surface area contributed by atoms with Gasteiger partial charge in [-0.05, 0) is 31.0 Å². The van der Waals surface area contributed by atoms with E-state index in [1.54, 1.807) is 25.1 Å². The molecule has 1 fully saturated rings. The second-order valence-electron chi connectivity index (χ2n) is 6.32. The van der Waals surface area contributed by atoms with Gasteiger partial charge in [0, 0.05) is 6.08 Å². The first-order chi connectivity index (χ1) is 13.5. The molecule has 6 nitrogen and oxygen atoms in total. The summed E-state index contributed by atoms with van der Waals surface area (Å²) in [5.41, 5.74) is 1.00. The topological polar surface area (TPSA) is 82.8 Å². The molecule has 1 aromatic heterocycles. The zero-order chi connectivity index (χ0) is 20.1. The number of thiocarbonyl (C=S) groups is 1. The number of carbonyl (C=O) groups excluding carboxylic acids is 2. The van der Waals surface area contributed by atoms with Gasteiger partial charge in [-0.3, -0.25) is 14.5 Å². The van der Waals surface area contributed by atoms with Crippen LogP contribution in [0, 0.1) is 0 Å². The molecule has 1 aromatic carbocycles. The van der Waals surface area contributed by atoms with E-state index in [1.807, 2.05) is 30.3 Å². The van der Waals surface area contributed by atoms with E-state index >= 15 is 0 Å². The molecule has 2 N–H and O–H groups in total. The van der Waals surface area contributed by atoms with Gasteiger partial charge in [0.25, 0.3) is 5.91 Å². The van der Waals surface area contributed by atoms with Gasteiger partial charge in [0.2, 0.25) is 5.91 Å². The Morgan fingerprint density at radius 2 is 2.07 bits per heavy atom. The highest BCUT2D eigenvalue weighted by atomic mass is 32.2. The van der Waals surface area contributed by atoms with Crippen LogP contribution in [-0.2, 0) is 16.0 Å². The van der Waals surface area contributed by atoms with Crippen LogP contribution in [0.5, 0.6) is 0 Å². The Morgan fingerprint density at radius 3 is 2.71 bits per heavy atom. The van der Waals surface area contributed by atoms with Crippen molar-refractivity contribution in [1.29, 1.82) is 0 Å². The van der Waals surface area contributed by atoms with Crippen LogP contribution in [0.4, 0.5) is 0 Å². The molecular formula is C20H20N2O4S2. The van der Waals surface area contributed by atoms with Crippen molar-refractivity contribution < 1.29 is 19.1 Å². The third kappa shape index (κ3) is 4.70. The van der Waals surface area contributed by atoms with Crippen LogP contribution < -0.4 is 5.32 Å². The van der Waals surface area contributed by atoms with Crippen molar-refractivity contribution in [3.05, 3.63) is 65.0 Å². The molecule has 0 saturated carbocycles. The lowest BCUT2D eigenvalue weighted by atomic mass is 10.1. The third-order valence-electron chi connectivity index (χ3n) is 4.30. The molecule has 2 unspecified atom stereocenters. The number of hydrogen-bond acceptors (Lipinski definition) is 6. The summed E-state index contributed by atoms with van der Waals surface area (Å²) in [6, 6.07) is 11.8. The molecule has 146 valence electrons. The number of furan rings is 1. The predicted molar refractivity (Wildman–Crippen MR) is 112 cm³/mol. The van der Waals surface area contributed by atoms with E-state index in [0.29, 0.717) is 21.4 Å². The largest absolute Gasteiger partial charge is 0.465 e. The molecule has 28 heavy (non-hydrogen) atoms. The second-order valence-corrected chi connectivity index (χ2v) is 8.00.